The predicted molar refractivity (Wildman–Crippen MR) is 77.7 cm³/mol. The van der Waals surface area contributed by atoms with Crippen LogP contribution in [0.1, 0.15) is 46.4 Å². The fourth-order valence-corrected chi connectivity index (χ4v) is 2.10. The summed E-state index contributed by atoms with van der Waals surface area (Å²) in [4.78, 5) is 23.8. The third-order valence-electron chi connectivity index (χ3n) is 3.74. The molecule has 0 aromatic heterocycles. The third-order valence-corrected chi connectivity index (χ3v) is 3.74. The lowest BCUT2D eigenvalue weighted by molar-refractivity contribution is 0.0374. The minimum Gasteiger partial charge on any atom is -0.445 e. The average molecular weight is 283 g/mol. The van der Waals surface area contributed by atoms with E-state index in [4.69, 9.17) is 11.2 Å². The number of benzene rings is 1. The lowest BCUT2D eigenvalue weighted by Crippen LogP contribution is -2.25. The van der Waals surface area contributed by atoms with E-state index < -0.39 is 12.1 Å². The summed E-state index contributed by atoms with van der Waals surface area (Å²) >= 11 is 0. The molecule has 2 aliphatic carbocycles. The summed E-state index contributed by atoms with van der Waals surface area (Å²) < 4.78 is 5.31. The molecule has 21 heavy (non-hydrogen) atoms. The molecule has 1 aromatic rings. The Hall–Kier alpha value is -2.28. The molecule has 0 unspecified atom stereocenters. The Labute approximate surface area is 123 Å². The molecule has 1 aromatic carbocycles. The van der Waals surface area contributed by atoms with Crippen molar-refractivity contribution < 1.29 is 14.3 Å². The molecule has 2 saturated carbocycles. The van der Waals surface area contributed by atoms with Crippen molar-refractivity contribution in [1.82, 2.24) is 5.32 Å². The number of hydrogen-bond acceptors (Lipinski definition) is 3. The summed E-state index contributed by atoms with van der Waals surface area (Å²) in [5.41, 5.74) is 0.966. The van der Waals surface area contributed by atoms with Crippen LogP contribution in [-0.2, 0) is 4.74 Å². The largest absolute Gasteiger partial charge is 0.445 e. The summed E-state index contributed by atoms with van der Waals surface area (Å²) in [5.74, 6) is 2.29. The monoisotopic (exact) mass is 283 g/mol. The molecule has 4 heteroatoms. The van der Waals surface area contributed by atoms with Crippen LogP contribution in [0.2, 0.25) is 0 Å². The van der Waals surface area contributed by atoms with Gasteiger partial charge in [-0.2, -0.15) is 0 Å². The number of amides is 1. The van der Waals surface area contributed by atoms with Crippen molar-refractivity contribution in [3.05, 3.63) is 35.4 Å². The first-order valence-electron chi connectivity index (χ1n) is 7.25. The van der Waals surface area contributed by atoms with E-state index in [0.29, 0.717) is 23.1 Å². The minimum absolute atomic E-state index is 0.100. The summed E-state index contributed by atoms with van der Waals surface area (Å²) in [6.45, 7) is 0. The van der Waals surface area contributed by atoms with Crippen molar-refractivity contribution in [2.75, 3.05) is 0 Å². The lowest BCUT2D eigenvalue weighted by atomic mass is 10.1. The normalized spacial score (nSPS) is 18.4. The zero-order valence-corrected chi connectivity index (χ0v) is 11.7. The molecule has 0 bridgehead atoms. The second-order valence-corrected chi connectivity index (χ2v) is 5.66. The maximum absolute atomic E-state index is 12.0. The third kappa shape index (κ3) is 3.43. The van der Waals surface area contributed by atoms with Gasteiger partial charge in [-0.3, -0.25) is 4.79 Å². The standard InChI is InChI=1S/C17H17NO3/c1-2-15(11-3-4-11)21-17(20)13-7-5-12(6-8-13)16(19)18-14-9-10-14/h1,5-8,11,14-15H,3-4,9-10H2,(H,18,19)/t15-/m0/s1. The van der Waals surface area contributed by atoms with Crippen LogP contribution in [0.3, 0.4) is 0 Å². The van der Waals surface area contributed by atoms with Crippen molar-refractivity contribution >= 4 is 11.9 Å². The molecule has 0 spiro atoms. The van der Waals surface area contributed by atoms with Gasteiger partial charge in [0, 0.05) is 17.5 Å². The van der Waals surface area contributed by atoms with E-state index in [9.17, 15) is 9.59 Å². The Morgan fingerprint density at radius 2 is 1.76 bits per heavy atom. The highest BCUT2D eigenvalue weighted by Crippen LogP contribution is 2.34. The SMILES string of the molecule is C#C[C@H](OC(=O)c1ccc(C(=O)NC2CC2)cc1)C1CC1. The number of carbonyl (C=O) groups excluding carboxylic acids is 2. The lowest BCUT2D eigenvalue weighted by Gasteiger charge is -2.11. The Morgan fingerprint density at radius 1 is 1.14 bits per heavy atom. The summed E-state index contributed by atoms with van der Waals surface area (Å²) in [7, 11) is 0. The van der Waals surface area contributed by atoms with Gasteiger partial charge in [0.25, 0.3) is 5.91 Å². The average Bonchev–Trinajstić information content (AvgIpc) is 3.37. The predicted octanol–water partition coefficient (Wildman–Crippen LogP) is 2.15. The molecule has 1 amide bonds. The zero-order chi connectivity index (χ0) is 14.8. The van der Waals surface area contributed by atoms with Gasteiger partial charge in [-0.15, -0.1) is 6.42 Å². The van der Waals surface area contributed by atoms with E-state index in [1.807, 2.05) is 0 Å². The highest BCUT2D eigenvalue weighted by Gasteiger charge is 2.33. The first-order valence-corrected chi connectivity index (χ1v) is 7.25. The van der Waals surface area contributed by atoms with Crippen molar-refractivity contribution in [2.24, 2.45) is 5.92 Å². The van der Waals surface area contributed by atoms with Gasteiger partial charge in [0.15, 0.2) is 6.10 Å². The van der Waals surface area contributed by atoms with E-state index in [2.05, 4.69) is 11.2 Å². The number of esters is 1. The highest BCUT2D eigenvalue weighted by molar-refractivity contribution is 5.96. The fourth-order valence-electron chi connectivity index (χ4n) is 2.10. The molecule has 0 heterocycles. The first-order chi connectivity index (χ1) is 10.2. The van der Waals surface area contributed by atoms with Crippen molar-refractivity contribution in [1.29, 1.82) is 0 Å². The van der Waals surface area contributed by atoms with Crippen LogP contribution in [0.4, 0.5) is 0 Å². The Kier molecular flexibility index (Phi) is 3.66. The summed E-state index contributed by atoms with van der Waals surface area (Å²) in [6.07, 6.45) is 9.07. The number of terminal acetylenes is 1. The van der Waals surface area contributed by atoms with Crippen molar-refractivity contribution in [3.8, 4) is 12.3 Å². The van der Waals surface area contributed by atoms with Crippen molar-refractivity contribution in [3.63, 3.8) is 0 Å². The maximum atomic E-state index is 12.0. The molecule has 0 aliphatic heterocycles. The van der Waals surface area contributed by atoms with Gasteiger partial charge in [0.05, 0.1) is 5.56 Å². The van der Waals surface area contributed by atoms with Crippen LogP contribution >= 0.6 is 0 Å². The van der Waals surface area contributed by atoms with E-state index >= 15 is 0 Å². The van der Waals surface area contributed by atoms with Crippen molar-refractivity contribution in [2.45, 2.75) is 37.8 Å². The maximum Gasteiger partial charge on any atom is 0.339 e. The van der Waals surface area contributed by atoms with Gasteiger partial charge in [-0.25, -0.2) is 4.79 Å². The molecular weight excluding hydrogens is 266 g/mol. The van der Waals surface area contributed by atoms with Crippen LogP contribution in [-0.4, -0.2) is 24.0 Å². The van der Waals surface area contributed by atoms with Gasteiger partial charge in [0.1, 0.15) is 0 Å². The van der Waals surface area contributed by atoms with Crippen LogP contribution in [0.5, 0.6) is 0 Å². The van der Waals surface area contributed by atoms with Gasteiger partial charge in [-0.1, -0.05) is 5.92 Å². The highest BCUT2D eigenvalue weighted by atomic mass is 16.5. The molecule has 2 fully saturated rings. The smallest absolute Gasteiger partial charge is 0.339 e. The van der Waals surface area contributed by atoms with Gasteiger partial charge in [-0.05, 0) is 49.9 Å². The molecule has 0 saturated heterocycles. The first kappa shape index (κ1) is 13.7. The fraction of sp³-hybridized carbons (Fsp3) is 0.412. The molecular formula is C17H17NO3. The quantitative estimate of drug-likeness (QED) is 0.665. The molecule has 108 valence electrons. The Balaban J connectivity index is 1.61. The zero-order valence-electron chi connectivity index (χ0n) is 11.7. The van der Waals surface area contributed by atoms with E-state index in [0.717, 1.165) is 25.7 Å². The Bertz CT molecular complexity index is 591. The van der Waals surface area contributed by atoms with Crippen LogP contribution in [0.15, 0.2) is 24.3 Å². The van der Waals surface area contributed by atoms with Gasteiger partial charge in [0.2, 0.25) is 0 Å². The van der Waals surface area contributed by atoms with E-state index in [-0.39, 0.29) is 5.91 Å². The topological polar surface area (TPSA) is 55.4 Å². The number of ether oxygens (including phenoxy) is 1. The molecule has 0 radical (unpaired) electrons. The molecule has 1 atom stereocenters. The van der Waals surface area contributed by atoms with E-state index in [1.165, 1.54) is 0 Å². The van der Waals surface area contributed by atoms with Crippen LogP contribution < -0.4 is 5.32 Å². The number of rotatable bonds is 5. The Morgan fingerprint density at radius 3 is 2.29 bits per heavy atom. The second-order valence-electron chi connectivity index (χ2n) is 5.66. The number of carbonyl (C=O) groups is 2. The number of nitrogens with one attached hydrogen (secondary N) is 1. The molecule has 4 nitrogen and oxygen atoms in total. The minimum atomic E-state index is -0.435. The van der Waals surface area contributed by atoms with Crippen LogP contribution in [0, 0.1) is 18.3 Å². The van der Waals surface area contributed by atoms with E-state index in [1.54, 1.807) is 24.3 Å². The number of hydrogen-bond donors (Lipinski definition) is 1. The molecule has 2 aliphatic rings. The summed E-state index contributed by atoms with van der Waals surface area (Å²) in [6, 6.07) is 6.79. The molecule has 1 N–H and O–H groups in total. The summed E-state index contributed by atoms with van der Waals surface area (Å²) in [5, 5.41) is 2.90. The van der Waals surface area contributed by atoms with Gasteiger partial charge < -0.3 is 10.1 Å². The second kappa shape index (κ2) is 5.61. The molecule has 3 rings (SSSR count). The van der Waals surface area contributed by atoms with Crippen LogP contribution in [0.25, 0.3) is 0 Å². The van der Waals surface area contributed by atoms with Gasteiger partial charge >= 0.3 is 5.97 Å².